The molecule has 37 heavy (non-hydrogen) atoms. The molecule has 2 amide bonds. The SMILES string of the molecule is O=C(N[C@@H](c1ccc(C(F)(F)F)cc1F)C1COC1)[C@H]1C[C@H]2C[C@H]2N1C(=O)c1cc(C(F)(F)F)ccn1. The van der Waals surface area contributed by atoms with E-state index < -0.39 is 64.8 Å². The minimum atomic E-state index is -4.75. The molecule has 2 aromatic rings. The van der Waals surface area contributed by atoms with Gasteiger partial charge in [0.15, 0.2) is 0 Å². The van der Waals surface area contributed by atoms with E-state index in [1.807, 2.05) is 0 Å². The van der Waals surface area contributed by atoms with Crippen LogP contribution >= 0.6 is 0 Å². The molecule has 13 heteroatoms. The third-order valence-electron chi connectivity index (χ3n) is 7.04. The van der Waals surface area contributed by atoms with Crippen LogP contribution in [0.1, 0.15) is 46.1 Å². The zero-order chi connectivity index (χ0) is 26.7. The standard InChI is InChI=1S/C24H20F7N3O3/c25-16-7-13(23(26,27)28)1-2-15(16)20(12-9-37-10-12)33-21(35)19-6-11-5-18(11)34(19)22(36)17-8-14(3-4-32-17)24(29,30)31/h1-4,7-8,11-12,18-20H,5-6,9-10H2,(H,33,35)/t11-,18-,19-,20-/m1/s1. The van der Waals surface area contributed by atoms with E-state index in [9.17, 15) is 40.3 Å². The summed E-state index contributed by atoms with van der Waals surface area (Å²) in [6.07, 6.45) is -7.73. The fourth-order valence-electron chi connectivity index (χ4n) is 4.94. The number of hydrogen-bond acceptors (Lipinski definition) is 4. The molecular weight excluding hydrogens is 511 g/mol. The lowest BCUT2D eigenvalue weighted by atomic mass is 9.90. The highest BCUT2D eigenvalue weighted by atomic mass is 19.4. The fourth-order valence-corrected chi connectivity index (χ4v) is 4.94. The van der Waals surface area contributed by atoms with Crippen LogP contribution in [0.15, 0.2) is 36.5 Å². The number of alkyl halides is 6. The molecule has 1 aromatic heterocycles. The van der Waals surface area contributed by atoms with Gasteiger partial charge in [-0.3, -0.25) is 14.6 Å². The normalized spacial score (nSPS) is 24.3. The molecule has 198 valence electrons. The Labute approximate surface area is 205 Å². The third-order valence-corrected chi connectivity index (χ3v) is 7.04. The highest BCUT2D eigenvalue weighted by molar-refractivity contribution is 5.97. The van der Waals surface area contributed by atoms with Gasteiger partial charge >= 0.3 is 12.4 Å². The number of likely N-dealkylation sites (tertiary alicyclic amines) is 1. The maximum absolute atomic E-state index is 14.8. The van der Waals surface area contributed by atoms with Crippen molar-refractivity contribution in [2.45, 2.75) is 43.3 Å². The third kappa shape index (κ3) is 4.88. The minimum absolute atomic E-state index is 0.0150. The zero-order valence-corrected chi connectivity index (χ0v) is 18.9. The second kappa shape index (κ2) is 8.96. The molecule has 4 atom stereocenters. The van der Waals surface area contributed by atoms with Gasteiger partial charge in [-0.25, -0.2) is 4.39 Å². The van der Waals surface area contributed by atoms with Crippen molar-refractivity contribution < 1.29 is 45.1 Å². The predicted molar refractivity (Wildman–Crippen MR) is 112 cm³/mol. The number of carbonyl (C=O) groups is 2. The van der Waals surface area contributed by atoms with Gasteiger partial charge in [-0.2, -0.15) is 26.3 Å². The van der Waals surface area contributed by atoms with E-state index in [2.05, 4.69) is 10.3 Å². The number of nitrogens with one attached hydrogen (secondary N) is 1. The Morgan fingerprint density at radius 2 is 1.68 bits per heavy atom. The molecule has 6 nitrogen and oxygen atoms in total. The number of nitrogens with zero attached hydrogens (tertiary/aromatic N) is 2. The van der Waals surface area contributed by atoms with Crippen molar-refractivity contribution in [3.05, 3.63) is 64.7 Å². The molecule has 0 unspecified atom stereocenters. The van der Waals surface area contributed by atoms with Gasteiger partial charge in [-0.1, -0.05) is 6.07 Å². The summed E-state index contributed by atoms with van der Waals surface area (Å²) in [5, 5.41) is 2.65. The van der Waals surface area contributed by atoms with Gasteiger partial charge in [0.25, 0.3) is 5.91 Å². The molecular formula is C24H20F7N3O3. The van der Waals surface area contributed by atoms with E-state index in [4.69, 9.17) is 4.74 Å². The van der Waals surface area contributed by atoms with Crippen LogP contribution in [0.4, 0.5) is 30.7 Å². The van der Waals surface area contributed by atoms with E-state index in [0.717, 1.165) is 24.4 Å². The highest BCUT2D eigenvalue weighted by Gasteiger charge is 2.56. The average molecular weight is 531 g/mol. The van der Waals surface area contributed by atoms with Gasteiger partial charge in [0.2, 0.25) is 5.91 Å². The van der Waals surface area contributed by atoms with Crippen LogP contribution in [-0.2, 0) is 21.9 Å². The van der Waals surface area contributed by atoms with E-state index in [-0.39, 0.29) is 37.2 Å². The number of halogens is 7. The first kappa shape index (κ1) is 25.4. The fraction of sp³-hybridized carbons (Fsp3) is 0.458. The number of benzene rings is 1. The Bertz CT molecular complexity index is 1230. The second-order valence-corrected chi connectivity index (χ2v) is 9.47. The summed E-state index contributed by atoms with van der Waals surface area (Å²) in [4.78, 5) is 31.4. The number of amides is 2. The van der Waals surface area contributed by atoms with Gasteiger partial charge in [0, 0.05) is 23.7 Å². The molecule has 3 fully saturated rings. The zero-order valence-electron chi connectivity index (χ0n) is 18.9. The van der Waals surface area contributed by atoms with E-state index in [0.29, 0.717) is 18.6 Å². The maximum atomic E-state index is 14.8. The maximum Gasteiger partial charge on any atom is 0.416 e. The molecule has 0 radical (unpaired) electrons. The number of rotatable bonds is 5. The molecule has 2 aliphatic heterocycles. The first-order valence-corrected chi connectivity index (χ1v) is 11.4. The van der Waals surface area contributed by atoms with Gasteiger partial charge in [-0.15, -0.1) is 0 Å². The van der Waals surface area contributed by atoms with Crippen LogP contribution < -0.4 is 5.32 Å². The predicted octanol–water partition coefficient (Wildman–Crippen LogP) is 4.37. The van der Waals surface area contributed by atoms with Crippen molar-refractivity contribution in [2.24, 2.45) is 11.8 Å². The number of fused-ring (bicyclic) bond motifs is 1. The summed E-state index contributed by atoms with van der Waals surface area (Å²) in [7, 11) is 0. The summed E-state index contributed by atoms with van der Waals surface area (Å²) >= 11 is 0. The molecule has 1 aliphatic carbocycles. The van der Waals surface area contributed by atoms with Crippen molar-refractivity contribution in [1.29, 1.82) is 0 Å². The Hall–Kier alpha value is -3.22. The number of aromatic nitrogens is 1. The van der Waals surface area contributed by atoms with Crippen molar-refractivity contribution in [1.82, 2.24) is 15.2 Å². The van der Waals surface area contributed by atoms with Crippen LogP contribution in [0.5, 0.6) is 0 Å². The van der Waals surface area contributed by atoms with E-state index >= 15 is 0 Å². The monoisotopic (exact) mass is 531 g/mol. The van der Waals surface area contributed by atoms with Crippen molar-refractivity contribution in [3.63, 3.8) is 0 Å². The minimum Gasteiger partial charge on any atom is -0.381 e. The van der Waals surface area contributed by atoms with Crippen LogP contribution in [0.3, 0.4) is 0 Å². The Balaban J connectivity index is 1.38. The molecule has 0 spiro atoms. The molecule has 0 bridgehead atoms. The molecule has 2 saturated heterocycles. The lowest BCUT2D eigenvalue weighted by Crippen LogP contribution is -2.51. The summed E-state index contributed by atoms with van der Waals surface area (Å²) < 4.78 is 98.2. The highest BCUT2D eigenvalue weighted by Crippen LogP contribution is 2.48. The summed E-state index contributed by atoms with van der Waals surface area (Å²) in [5.41, 5.74) is -2.85. The molecule has 1 N–H and O–H groups in total. The number of ether oxygens (including phenoxy) is 1. The Morgan fingerprint density at radius 1 is 1.00 bits per heavy atom. The van der Waals surface area contributed by atoms with Crippen molar-refractivity contribution in [2.75, 3.05) is 13.2 Å². The van der Waals surface area contributed by atoms with Crippen molar-refractivity contribution >= 4 is 11.8 Å². The Morgan fingerprint density at radius 3 is 2.27 bits per heavy atom. The van der Waals surface area contributed by atoms with Crippen LogP contribution in [0.25, 0.3) is 0 Å². The smallest absolute Gasteiger partial charge is 0.381 e. The largest absolute Gasteiger partial charge is 0.416 e. The lowest BCUT2D eigenvalue weighted by molar-refractivity contribution is -0.138. The molecule has 3 heterocycles. The van der Waals surface area contributed by atoms with Crippen LogP contribution in [0, 0.1) is 17.7 Å². The van der Waals surface area contributed by atoms with Gasteiger partial charge in [-0.05, 0) is 43.0 Å². The van der Waals surface area contributed by atoms with Gasteiger partial charge in [0.05, 0.1) is 30.4 Å². The molecule has 3 aliphatic rings. The van der Waals surface area contributed by atoms with Gasteiger partial charge in [0.1, 0.15) is 17.6 Å². The number of piperidine rings is 1. The second-order valence-electron chi connectivity index (χ2n) is 9.47. The molecule has 1 aromatic carbocycles. The van der Waals surface area contributed by atoms with Crippen LogP contribution in [0.2, 0.25) is 0 Å². The average Bonchev–Trinajstić information content (AvgIpc) is 3.45. The van der Waals surface area contributed by atoms with Gasteiger partial charge < -0.3 is 15.0 Å². The quantitative estimate of drug-likeness (QED) is 0.582. The van der Waals surface area contributed by atoms with E-state index in [1.165, 1.54) is 4.90 Å². The summed E-state index contributed by atoms with van der Waals surface area (Å²) in [5.74, 6) is -3.09. The summed E-state index contributed by atoms with van der Waals surface area (Å²) in [6, 6.07) is 0.979. The van der Waals surface area contributed by atoms with Crippen molar-refractivity contribution in [3.8, 4) is 0 Å². The topological polar surface area (TPSA) is 71.5 Å². The van der Waals surface area contributed by atoms with E-state index in [1.54, 1.807) is 0 Å². The first-order chi connectivity index (χ1) is 17.3. The molecule has 5 rings (SSSR count). The van der Waals surface area contributed by atoms with Crippen LogP contribution in [-0.4, -0.2) is 47.0 Å². The summed E-state index contributed by atoms with van der Waals surface area (Å²) in [6.45, 7) is 0.274. The Kier molecular flexibility index (Phi) is 6.16. The number of hydrogen-bond donors (Lipinski definition) is 1. The number of carbonyl (C=O) groups excluding carboxylic acids is 2. The lowest BCUT2D eigenvalue weighted by Gasteiger charge is -2.36. The molecule has 1 saturated carbocycles. The number of pyridine rings is 1. The first-order valence-electron chi connectivity index (χ1n) is 11.4.